The summed E-state index contributed by atoms with van der Waals surface area (Å²) in [5.41, 5.74) is 0.967. The van der Waals surface area contributed by atoms with Crippen LogP contribution in [0.1, 0.15) is 23.0 Å². The molecule has 3 rings (SSSR count). The summed E-state index contributed by atoms with van der Waals surface area (Å²) in [5.74, 6) is -0.558. The lowest BCUT2D eigenvalue weighted by molar-refractivity contribution is 0.0511. The Morgan fingerprint density at radius 1 is 1.11 bits per heavy atom. The van der Waals surface area contributed by atoms with Crippen LogP contribution in [-0.2, 0) is 11.3 Å². The van der Waals surface area contributed by atoms with E-state index in [1.165, 1.54) is 6.07 Å². The first-order valence-corrected chi connectivity index (χ1v) is 9.12. The first-order valence-electron chi connectivity index (χ1n) is 8.32. The second-order valence-electron chi connectivity index (χ2n) is 5.58. The normalized spacial score (nSPS) is 10.4. The maximum absolute atomic E-state index is 12.5. The van der Waals surface area contributed by atoms with E-state index >= 15 is 0 Å². The smallest absolute Gasteiger partial charge is 0.362 e. The second kappa shape index (κ2) is 8.64. The average molecular weight is 429 g/mol. The van der Waals surface area contributed by atoms with Crippen molar-refractivity contribution < 1.29 is 14.3 Å². The van der Waals surface area contributed by atoms with Crippen LogP contribution in [0.2, 0.25) is 0 Å². The Morgan fingerprint density at radius 2 is 1.89 bits per heavy atom. The van der Waals surface area contributed by atoms with E-state index in [4.69, 9.17) is 9.47 Å². The van der Waals surface area contributed by atoms with Crippen LogP contribution in [0.3, 0.4) is 0 Å². The minimum atomic E-state index is -0.649. The lowest BCUT2D eigenvalue weighted by Crippen LogP contribution is -2.25. The highest BCUT2D eigenvalue weighted by molar-refractivity contribution is 9.10. The number of halogens is 1. The number of carbonyl (C=O) groups is 1. The molecular formula is C20H17BrN2O4. The van der Waals surface area contributed by atoms with Crippen molar-refractivity contribution in [3.8, 4) is 11.4 Å². The summed E-state index contributed by atoms with van der Waals surface area (Å²) in [6.07, 6.45) is 0. The third-order valence-electron chi connectivity index (χ3n) is 3.66. The van der Waals surface area contributed by atoms with Gasteiger partial charge < -0.3 is 9.47 Å². The summed E-state index contributed by atoms with van der Waals surface area (Å²) < 4.78 is 12.7. The number of aromatic nitrogens is 2. The second-order valence-corrected chi connectivity index (χ2v) is 6.50. The van der Waals surface area contributed by atoms with Crippen LogP contribution in [0.4, 0.5) is 0 Å². The number of nitrogens with zero attached hydrogens (tertiary/aromatic N) is 2. The van der Waals surface area contributed by atoms with E-state index in [0.29, 0.717) is 5.69 Å². The monoisotopic (exact) mass is 428 g/mol. The van der Waals surface area contributed by atoms with Gasteiger partial charge >= 0.3 is 5.97 Å². The third-order valence-corrected chi connectivity index (χ3v) is 4.15. The van der Waals surface area contributed by atoms with Crippen LogP contribution < -0.4 is 10.3 Å². The molecule has 0 amide bonds. The van der Waals surface area contributed by atoms with Gasteiger partial charge in [-0.15, -0.1) is 0 Å². The van der Waals surface area contributed by atoms with Gasteiger partial charge in [-0.25, -0.2) is 4.79 Å². The van der Waals surface area contributed by atoms with Crippen molar-refractivity contribution in [3.63, 3.8) is 0 Å². The summed E-state index contributed by atoms with van der Waals surface area (Å²) in [7, 11) is 0. The molecule has 6 nitrogen and oxygen atoms in total. The molecular weight excluding hydrogens is 412 g/mol. The summed E-state index contributed by atoms with van der Waals surface area (Å²) in [6.45, 7) is 2.09. The van der Waals surface area contributed by atoms with Crippen LogP contribution in [0.5, 0.6) is 5.75 Å². The zero-order chi connectivity index (χ0) is 19.2. The van der Waals surface area contributed by atoms with Gasteiger partial charge in [0.2, 0.25) is 5.69 Å². The zero-order valence-corrected chi connectivity index (χ0v) is 16.2. The summed E-state index contributed by atoms with van der Waals surface area (Å²) in [5, 5.41) is 4.20. The highest BCUT2D eigenvalue weighted by atomic mass is 79.9. The molecule has 1 aromatic heterocycles. The molecule has 0 N–H and O–H groups in total. The maximum Gasteiger partial charge on any atom is 0.362 e. The fraction of sp³-hybridized carbons (Fsp3) is 0.150. The van der Waals surface area contributed by atoms with Gasteiger partial charge in [-0.2, -0.15) is 9.78 Å². The minimum Gasteiger partial charge on any atom is -0.486 e. The van der Waals surface area contributed by atoms with Crippen molar-refractivity contribution in [1.82, 2.24) is 9.78 Å². The highest BCUT2D eigenvalue weighted by Crippen LogP contribution is 2.19. The van der Waals surface area contributed by atoms with Crippen LogP contribution in [0.25, 0.3) is 5.69 Å². The number of esters is 1. The Kier molecular flexibility index (Phi) is 6.03. The highest BCUT2D eigenvalue weighted by Gasteiger charge is 2.20. The van der Waals surface area contributed by atoms with Crippen LogP contribution in [0, 0.1) is 0 Å². The molecule has 0 aliphatic rings. The van der Waals surface area contributed by atoms with E-state index in [2.05, 4.69) is 21.0 Å². The number of rotatable bonds is 6. The van der Waals surface area contributed by atoms with Gasteiger partial charge in [-0.05, 0) is 30.7 Å². The first kappa shape index (κ1) is 18.8. The molecule has 27 heavy (non-hydrogen) atoms. The van der Waals surface area contributed by atoms with Crippen LogP contribution >= 0.6 is 15.9 Å². The van der Waals surface area contributed by atoms with E-state index in [1.807, 2.05) is 36.4 Å². The number of hydrogen-bond donors (Lipinski definition) is 0. The Morgan fingerprint density at radius 3 is 2.59 bits per heavy atom. The number of carbonyl (C=O) groups excluding carboxylic acids is 1. The van der Waals surface area contributed by atoms with E-state index < -0.39 is 11.5 Å². The molecule has 0 saturated heterocycles. The molecule has 0 radical (unpaired) electrons. The minimum absolute atomic E-state index is 0.0487. The van der Waals surface area contributed by atoms with Crippen molar-refractivity contribution in [1.29, 1.82) is 0 Å². The topological polar surface area (TPSA) is 70.4 Å². The molecule has 2 aromatic carbocycles. The fourth-order valence-corrected chi connectivity index (χ4v) is 2.81. The fourth-order valence-electron chi connectivity index (χ4n) is 2.42. The molecule has 0 saturated carbocycles. The lowest BCUT2D eigenvalue weighted by Gasteiger charge is -2.12. The van der Waals surface area contributed by atoms with Crippen molar-refractivity contribution >= 4 is 21.9 Å². The van der Waals surface area contributed by atoms with Crippen molar-refractivity contribution in [2.75, 3.05) is 6.61 Å². The summed E-state index contributed by atoms with van der Waals surface area (Å²) in [6, 6.07) is 17.8. The largest absolute Gasteiger partial charge is 0.486 e. The zero-order valence-electron chi connectivity index (χ0n) is 14.6. The molecule has 0 spiro atoms. The molecule has 1 heterocycles. The van der Waals surface area contributed by atoms with E-state index in [0.717, 1.165) is 14.7 Å². The first-order chi connectivity index (χ1) is 13.1. The summed E-state index contributed by atoms with van der Waals surface area (Å²) in [4.78, 5) is 24.9. The number of benzene rings is 2. The van der Waals surface area contributed by atoms with Gasteiger partial charge in [0.05, 0.1) is 18.4 Å². The van der Waals surface area contributed by atoms with Gasteiger partial charge in [-0.3, -0.25) is 4.79 Å². The van der Waals surface area contributed by atoms with Gasteiger partial charge in [-0.1, -0.05) is 52.3 Å². The maximum atomic E-state index is 12.5. The molecule has 3 aromatic rings. The number of ether oxygens (including phenoxy) is 2. The van der Waals surface area contributed by atoms with E-state index in [1.54, 1.807) is 25.1 Å². The van der Waals surface area contributed by atoms with Crippen molar-refractivity contribution in [3.05, 3.63) is 86.7 Å². The molecule has 0 unspecified atom stereocenters. The summed E-state index contributed by atoms with van der Waals surface area (Å²) >= 11 is 3.36. The molecule has 0 atom stereocenters. The Labute approximate surface area is 164 Å². The van der Waals surface area contributed by atoms with Crippen LogP contribution in [0.15, 0.2) is 69.9 Å². The molecule has 138 valence electrons. The molecule has 7 heteroatoms. The predicted octanol–water partition coefficient (Wildman–Crippen LogP) is 3.75. The van der Waals surface area contributed by atoms with Crippen molar-refractivity contribution in [2.24, 2.45) is 0 Å². The molecule has 0 aliphatic heterocycles. The Balaban J connectivity index is 2.00. The molecule has 0 fully saturated rings. The van der Waals surface area contributed by atoms with Crippen LogP contribution in [-0.4, -0.2) is 22.4 Å². The van der Waals surface area contributed by atoms with Gasteiger partial charge in [0.15, 0.2) is 5.75 Å². The van der Waals surface area contributed by atoms with Crippen molar-refractivity contribution in [2.45, 2.75) is 13.5 Å². The molecule has 0 bridgehead atoms. The standard InChI is InChI=1S/C20H17BrN2O4/c1-2-26-20(25)19-17(27-13-14-7-4-3-5-8-14)12-18(24)23(22-19)16-10-6-9-15(21)11-16/h3-12H,2,13H2,1H3. The van der Waals surface area contributed by atoms with Gasteiger partial charge in [0.1, 0.15) is 6.61 Å². The predicted molar refractivity (Wildman–Crippen MR) is 104 cm³/mol. The average Bonchev–Trinajstić information content (AvgIpc) is 2.67. The van der Waals surface area contributed by atoms with E-state index in [-0.39, 0.29) is 24.7 Å². The lowest BCUT2D eigenvalue weighted by atomic mass is 10.2. The quantitative estimate of drug-likeness (QED) is 0.559. The Bertz CT molecular complexity index is 1000. The Hall–Kier alpha value is -2.93. The third kappa shape index (κ3) is 4.62. The van der Waals surface area contributed by atoms with Gasteiger partial charge in [0, 0.05) is 4.47 Å². The SMILES string of the molecule is CCOC(=O)c1nn(-c2cccc(Br)c2)c(=O)cc1OCc1ccccc1. The van der Waals surface area contributed by atoms with Gasteiger partial charge in [0.25, 0.3) is 5.56 Å². The van der Waals surface area contributed by atoms with E-state index in [9.17, 15) is 9.59 Å². The molecule has 0 aliphatic carbocycles. The number of hydrogen-bond acceptors (Lipinski definition) is 5.